The van der Waals surface area contributed by atoms with Gasteiger partial charge >= 0.3 is 0 Å². The first-order chi connectivity index (χ1) is 15.4. The third-order valence-corrected chi connectivity index (χ3v) is 5.56. The molecule has 1 aliphatic rings. The van der Waals surface area contributed by atoms with E-state index in [0.29, 0.717) is 36.1 Å². The van der Waals surface area contributed by atoms with Crippen LogP contribution in [0.5, 0.6) is 5.75 Å². The fourth-order valence-electron chi connectivity index (χ4n) is 3.38. The van der Waals surface area contributed by atoms with Crippen LogP contribution in [-0.2, 0) is 13.2 Å². The van der Waals surface area contributed by atoms with Gasteiger partial charge in [-0.15, -0.1) is 0 Å². The molecule has 0 spiro atoms. The molecule has 0 saturated heterocycles. The van der Waals surface area contributed by atoms with E-state index in [2.05, 4.69) is 10.5 Å². The number of rotatable bonds is 8. The van der Waals surface area contributed by atoms with E-state index in [1.54, 1.807) is 48.3 Å². The Kier molecular flexibility index (Phi) is 6.25. The van der Waals surface area contributed by atoms with Crippen LogP contribution in [0.15, 0.2) is 53.1 Å². The summed E-state index contributed by atoms with van der Waals surface area (Å²) in [7, 11) is 1.76. The standard InChI is InChI=1S/C25H27N3O4/c1-16-23(17(2)32-27-16)15-31-22-12-8-20(9-13-22)25(30)28(3)14-18-4-6-19(7-5-18)24(29)26-21-10-11-21/h4-9,12-13,21H,10-11,14-15H2,1-3H3,(H,26,29). The maximum atomic E-state index is 12.8. The fourth-order valence-corrected chi connectivity index (χ4v) is 3.38. The number of hydrogen-bond acceptors (Lipinski definition) is 5. The van der Waals surface area contributed by atoms with Crippen molar-refractivity contribution in [2.45, 2.75) is 45.9 Å². The Morgan fingerprint density at radius 2 is 1.72 bits per heavy atom. The van der Waals surface area contributed by atoms with E-state index in [-0.39, 0.29) is 11.8 Å². The maximum absolute atomic E-state index is 12.8. The van der Waals surface area contributed by atoms with E-state index in [0.717, 1.165) is 35.4 Å². The van der Waals surface area contributed by atoms with E-state index < -0.39 is 0 Å². The molecule has 4 rings (SSSR count). The van der Waals surface area contributed by atoms with Crippen molar-refractivity contribution in [2.75, 3.05) is 7.05 Å². The van der Waals surface area contributed by atoms with Crippen molar-refractivity contribution in [1.82, 2.24) is 15.4 Å². The molecule has 1 saturated carbocycles. The first-order valence-electron chi connectivity index (χ1n) is 10.7. The minimum Gasteiger partial charge on any atom is -0.489 e. The molecular formula is C25H27N3O4. The van der Waals surface area contributed by atoms with Gasteiger partial charge in [-0.2, -0.15) is 0 Å². The Morgan fingerprint density at radius 1 is 1.06 bits per heavy atom. The van der Waals surface area contributed by atoms with Crippen molar-refractivity contribution in [3.8, 4) is 5.75 Å². The number of carbonyl (C=O) groups excluding carboxylic acids is 2. The van der Waals surface area contributed by atoms with Crippen molar-refractivity contribution >= 4 is 11.8 Å². The van der Waals surface area contributed by atoms with E-state index in [1.165, 1.54) is 0 Å². The SMILES string of the molecule is Cc1noc(C)c1COc1ccc(C(=O)N(C)Cc2ccc(C(=O)NC3CC3)cc2)cc1. The summed E-state index contributed by atoms with van der Waals surface area (Å²) in [6, 6.07) is 14.8. The van der Waals surface area contributed by atoms with Crippen molar-refractivity contribution in [2.24, 2.45) is 0 Å². The van der Waals surface area contributed by atoms with E-state index >= 15 is 0 Å². The van der Waals surface area contributed by atoms with E-state index in [4.69, 9.17) is 9.26 Å². The van der Waals surface area contributed by atoms with Gasteiger partial charge in [0.1, 0.15) is 18.1 Å². The Hall–Kier alpha value is -3.61. The van der Waals surface area contributed by atoms with E-state index in [1.807, 2.05) is 26.0 Å². The second kappa shape index (κ2) is 9.26. The number of nitrogens with one attached hydrogen (secondary N) is 1. The molecule has 2 aromatic carbocycles. The van der Waals surface area contributed by atoms with Crippen LogP contribution in [0.4, 0.5) is 0 Å². The van der Waals surface area contributed by atoms with Crippen molar-refractivity contribution in [1.29, 1.82) is 0 Å². The number of ether oxygens (including phenoxy) is 1. The fraction of sp³-hybridized carbons (Fsp3) is 0.320. The van der Waals surface area contributed by atoms with Crippen LogP contribution in [0.25, 0.3) is 0 Å². The van der Waals surface area contributed by atoms with Crippen LogP contribution in [0.3, 0.4) is 0 Å². The number of amides is 2. The summed E-state index contributed by atoms with van der Waals surface area (Å²) in [5, 5.41) is 6.90. The molecule has 0 aliphatic heterocycles. The van der Waals surface area contributed by atoms with Crippen LogP contribution in [-0.4, -0.2) is 35.0 Å². The highest BCUT2D eigenvalue weighted by molar-refractivity contribution is 5.95. The highest BCUT2D eigenvalue weighted by Crippen LogP contribution is 2.20. The van der Waals surface area contributed by atoms with E-state index in [9.17, 15) is 9.59 Å². The minimum atomic E-state index is -0.0853. The van der Waals surface area contributed by atoms with Gasteiger partial charge in [-0.3, -0.25) is 9.59 Å². The number of nitrogens with zero attached hydrogens (tertiary/aromatic N) is 2. The topological polar surface area (TPSA) is 84.7 Å². The lowest BCUT2D eigenvalue weighted by Crippen LogP contribution is -2.26. The Morgan fingerprint density at radius 3 is 2.31 bits per heavy atom. The average molecular weight is 434 g/mol. The first-order valence-corrected chi connectivity index (χ1v) is 10.7. The minimum absolute atomic E-state index is 0.0415. The maximum Gasteiger partial charge on any atom is 0.253 e. The van der Waals surface area contributed by atoms with Crippen molar-refractivity contribution in [3.05, 3.63) is 82.2 Å². The van der Waals surface area contributed by atoms with Crippen LogP contribution >= 0.6 is 0 Å². The number of benzene rings is 2. The highest BCUT2D eigenvalue weighted by Gasteiger charge is 2.23. The molecule has 1 aromatic heterocycles. The monoisotopic (exact) mass is 433 g/mol. The summed E-state index contributed by atoms with van der Waals surface area (Å²) >= 11 is 0. The predicted octanol–water partition coefficient (Wildman–Crippen LogP) is 4.03. The van der Waals surface area contributed by atoms with Gasteiger partial charge in [0.05, 0.1) is 11.3 Å². The molecule has 0 atom stereocenters. The second-order valence-electron chi connectivity index (χ2n) is 8.22. The number of aryl methyl sites for hydroxylation is 2. The third-order valence-electron chi connectivity index (χ3n) is 5.56. The molecule has 7 heteroatoms. The number of aromatic nitrogens is 1. The quantitative estimate of drug-likeness (QED) is 0.580. The van der Waals surface area contributed by atoms with Crippen molar-refractivity contribution in [3.63, 3.8) is 0 Å². The zero-order valence-electron chi connectivity index (χ0n) is 18.6. The summed E-state index contributed by atoms with van der Waals surface area (Å²) in [6.45, 7) is 4.55. The van der Waals surface area contributed by atoms with Crippen LogP contribution < -0.4 is 10.1 Å². The molecule has 0 bridgehead atoms. The summed E-state index contributed by atoms with van der Waals surface area (Å²) < 4.78 is 10.9. The Labute approximate surface area is 187 Å². The molecule has 1 fully saturated rings. The molecule has 2 amide bonds. The lowest BCUT2D eigenvalue weighted by molar-refractivity contribution is 0.0784. The Balaban J connectivity index is 1.31. The van der Waals surface area contributed by atoms with Gasteiger partial charge in [-0.05, 0) is 68.7 Å². The van der Waals surface area contributed by atoms with Gasteiger partial charge in [0.25, 0.3) is 11.8 Å². The molecule has 3 aromatic rings. The molecule has 32 heavy (non-hydrogen) atoms. The largest absolute Gasteiger partial charge is 0.489 e. The highest BCUT2D eigenvalue weighted by atomic mass is 16.5. The first kappa shape index (κ1) is 21.6. The van der Waals surface area contributed by atoms with Crippen molar-refractivity contribution < 1.29 is 18.8 Å². The summed E-state index contributed by atoms with van der Waals surface area (Å²) in [5.41, 5.74) is 3.93. The lowest BCUT2D eigenvalue weighted by atomic mass is 10.1. The van der Waals surface area contributed by atoms with Gasteiger partial charge in [0.2, 0.25) is 0 Å². The molecule has 166 valence electrons. The van der Waals surface area contributed by atoms with Gasteiger partial charge in [-0.1, -0.05) is 17.3 Å². The van der Waals surface area contributed by atoms with Crippen LogP contribution in [0, 0.1) is 13.8 Å². The molecule has 0 radical (unpaired) electrons. The smallest absolute Gasteiger partial charge is 0.253 e. The third kappa shape index (κ3) is 5.17. The molecule has 1 heterocycles. The second-order valence-corrected chi connectivity index (χ2v) is 8.22. The summed E-state index contributed by atoms with van der Waals surface area (Å²) in [6.07, 6.45) is 2.12. The van der Waals surface area contributed by atoms with Gasteiger partial charge in [0.15, 0.2) is 0 Å². The van der Waals surface area contributed by atoms with Gasteiger partial charge in [0, 0.05) is 30.8 Å². The zero-order valence-corrected chi connectivity index (χ0v) is 18.6. The Bertz CT molecular complexity index is 1080. The van der Waals surface area contributed by atoms with Gasteiger partial charge < -0.3 is 19.5 Å². The summed E-state index contributed by atoms with van der Waals surface area (Å²) in [4.78, 5) is 26.6. The number of carbonyl (C=O) groups is 2. The molecular weight excluding hydrogens is 406 g/mol. The molecule has 1 aliphatic carbocycles. The number of hydrogen-bond donors (Lipinski definition) is 1. The molecule has 7 nitrogen and oxygen atoms in total. The molecule has 1 N–H and O–H groups in total. The van der Waals surface area contributed by atoms with Crippen LogP contribution in [0.2, 0.25) is 0 Å². The predicted molar refractivity (Wildman–Crippen MR) is 119 cm³/mol. The normalized spacial score (nSPS) is 13.0. The molecule has 0 unspecified atom stereocenters. The van der Waals surface area contributed by atoms with Gasteiger partial charge in [-0.25, -0.2) is 0 Å². The van der Waals surface area contributed by atoms with Crippen LogP contribution in [0.1, 0.15) is 56.1 Å². The lowest BCUT2D eigenvalue weighted by Gasteiger charge is -2.18. The average Bonchev–Trinajstić information content (AvgIpc) is 3.56. The zero-order chi connectivity index (χ0) is 22.7. The summed E-state index contributed by atoms with van der Waals surface area (Å²) in [5.74, 6) is 1.29.